The van der Waals surface area contributed by atoms with Crippen LogP contribution in [-0.2, 0) is 20.7 Å². The van der Waals surface area contributed by atoms with E-state index in [4.69, 9.17) is 13.9 Å². The van der Waals surface area contributed by atoms with Crippen molar-refractivity contribution in [2.45, 2.75) is 46.6 Å². The van der Waals surface area contributed by atoms with Gasteiger partial charge in [0, 0.05) is 17.7 Å². The van der Waals surface area contributed by atoms with Crippen LogP contribution in [0.1, 0.15) is 56.9 Å². The van der Waals surface area contributed by atoms with E-state index >= 15 is 0 Å². The van der Waals surface area contributed by atoms with Gasteiger partial charge in [-0.15, -0.1) is 0 Å². The number of esters is 2. The highest BCUT2D eigenvalue weighted by Gasteiger charge is 2.27. The van der Waals surface area contributed by atoms with Crippen LogP contribution in [0.25, 0.3) is 11.3 Å². The van der Waals surface area contributed by atoms with Crippen molar-refractivity contribution in [2.24, 2.45) is 0 Å². The molecular weight excluding hydrogens is 412 g/mol. The molecule has 0 spiro atoms. The minimum absolute atomic E-state index is 0.0155. The average Bonchev–Trinajstić information content (AvgIpc) is 3.36. The second-order valence-electron chi connectivity index (χ2n) is 7.60. The molecule has 0 bridgehead atoms. The van der Waals surface area contributed by atoms with Gasteiger partial charge in [-0.1, -0.05) is 29.8 Å². The van der Waals surface area contributed by atoms with Crippen LogP contribution < -0.4 is 0 Å². The summed E-state index contributed by atoms with van der Waals surface area (Å²) in [6, 6.07) is 7.85. The molecule has 0 amide bonds. The molecule has 168 valence electrons. The molecule has 3 rings (SSSR count). The van der Waals surface area contributed by atoms with Crippen molar-refractivity contribution in [1.82, 2.24) is 9.97 Å². The number of hydrogen-bond acceptors (Lipinski definition) is 7. The van der Waals surface area contributed by atoms with Gasteiger partial charge in [-0.05, 0) is 33.3 Å². The van der Waals surface area contributed by atoms with Crippen LogP contribution in [0.3, 0.4) is 0 Å². The zero-order chi connectivity index (χ0) is 23.4. The van der Waals surface area contributed by atoms with Gasteiger partial charge in [-0.2, -0.15) is 0 Å². The number of hydrogen-bond donors (Lipinski definition) is 1. The number of Topliss-reactive ketones (excluding diaryl/α,β-unsaturated/α-hetero) is 1. The van der Waals surface area contributed by atoms with E-state index < -0.39 is 23.8 Å². The third-order valence-corrected chi connectivity index (χ3v) is 5.18. The van der Waals surface area contributed by atoms with Gasteiger partial charge in [-0.25, -0.2) is 9.78 Å². The molecule has 0 saturated carbocycles. The van der Waals surface area contributed by atoms with E-state index in [0.717, 1.165) is 11.1 Å². The van der Waals surface area contributed by atoms with E-state index in [1.165, 1.54) is 14.0 Å². The SMILES string of the molecule is COC(=O)c1c(C)[nH]c(C(=O)C(C)OC(=O)CCc2ncc(-c3ccc(C)cc3)o2)c1C. The largest absolute Gasteiger partial charge is 0.465 e. The van der Waals surface area contributed by atoms with Crippen molar-refractivity contribution in [1.29, 1.82) is 0 Å². The fourth-order valence-corrected chi connectivity index (χ4v) is 3.40. The number of benzene rings is 1. The molecule has 8 heteroatoms. The molecule has 32 heavy (non-hydrogen) atoms. The first kappa shape index (κ1) is 23.0. The Kier molecular flexibility index (Phi) is 6.92. The van der Waals surface area contributed by atoms with E-state index in [2.05, 4.69) is 9.97 Å². The minimum Gasteiger partial charge on any atom is -0.465 e. The molecule has 2 heterocycles. The predicted octanol–water partition coefficient (Wildman–Crippen LogP) is 4.13. The quantitative estimate of drug-likeness (QED) is 0.416. The molecule has 0 fully saturated rings. The van der Waals surface area contributed by atoms with Gasteiger partial charge in [0.25, 0.3) is 0 Å². The van der Waals surface area contributed by atoms with Gasteiger partial charge in [0.05, 0.1) is 31.0 Å². The first-order chi connectivity index (χ1) is 15.2. The minimum atomic E-state index is -1.02. The van der Waals surface area contributed by atoms with Crippen molar-refractivity contribution in [3.63, 3.8) is 0 Å². The summed E-state index contributed by atoms with van der Waals surface area (Å²) in [4.78, 5) is 44.0. The topological polar surface area (TPSA) is 111 Å². The lowest BCUT2D eigenvalue weighted by Gasteiger charge is -2.12. The Hall–Kier alpha value is -3.68. The Morgan fingerprint density at radius 2 is 1.81 bits per heavy atom. The first-order valence-electron chi connectivity index (χ1n) is 10.2. The molecular formula is C24H26N2O6. The first-order valence-corrected chi connectivity index (χ1v) is 10.2. The zero-order valence-electron chi connectivity index (χ0n) is 18.8. The standard InChI is InChI=1S/C24H26N2O6/c1-13-6-8-17(9-7-13)18-12-25-19(32-18)10-11-20(27)31-16(4)23(28)22-14(2)21(15(3)26-22)24(29)30-5/h6-9,12,16,26H,10-11H2,1-5H3. The normalized spacial score (nSPS) is 11.8. The summed E-state index contributed by atoms with van der Waals surface area (Å²) >= 11 is 0. The average molecular weight is 438 g/mol. The fraction of sp³-hybridized carbons (Fsp3) is 0.333. The maximum absolute atomic E-state index is 12.7. The number of carbonyl (C=O) groups is 3. The van der Waals surface area contributed by atoms with Gasteiger partial charge in [-0.3, -0.25) is 9.59 Å². The van der Waals surface area contributed by atoms with E-state index in [9.17, 15) is 14.4 Å². The number of carbonyl (C=O) groups excluding carboxylic acids is 3. The number of aryl methyl sites for hydroxylation is 3. The Morgan fingerprint density at radius 1 is 1.12 bits per heavy atom. The molecule has 3 aromatic rings. The Labute approximate surface area is 185 Å². The highest BCUT2D eigenvalue weighted by Crippen LogP contribution is 2.22. The number of nitrogens with one attached hydrogen (secondary N) is 1. The summed E-state index contributed by atoms with van der Waals surface area (Å²) in [5.74, 6) is -0.469. The monoisotopic (exact) mass is 438 g/mol. The fourth-order valence-electron chi connectivity index (χ4n) is 3.40. The van der Waals surface area contributed by atoms with E-state index in [1.54, 1.807) is 20.0 Å². The summed E-state index contributed by atoms with van der Waals surface area (Å²) in [6.07, 6.45) is 0.866. The maximum Gasteiger partial charge on any atom is 0.339 e. The molecule has 8 nitrogen and oxygen atoms in total. The van der Waals surface area contributed by atoms with Crippen molar-refractivity contribution >= 4 is 17.7 Å². The number of methoxy groups -OCH3 is 1. The van der Waals surface area contributed by atoms with Gasteiger partial charge in [0.15, 0.2) is 17.8 Å². The van der Waals surface area contributed by atoms with Crippen LogP contribution in [0.2, 0.25) is 0 Å². The Morgan fingerprint density at radius 3 is 2.47 bits per heavy atom. The molecule has 1 atom stereocenters. The van der Waals surface area contributed by atoms with Gasteiger partial charge in [0.2, 0.25) is 5.78 Å². The highest BCUT2D eigenvalue weighted by molar-refractivity contribution is 6.03. The van der Waals surface area contributed by atoms with Crippen LogP contribution in [0.15, 0.2) is 34.9 Å². The number of oxazole rings is 1. The van der Waals surface area contributed by atoms with Crippen molar-refractivity contribution in [3.8, 4) is 11.3 Å². The number of ketones is 1. The smallest absolute Gasteiger partial charge is 0.339 e. The molecule has 0 aliphatic rings. The number of nitrogens with zero attached hydrogens (tertiary/aromatic N) is 1. The van der Waals surface area contributed by atoms with Crippen molar-refractivity contribution in [2.75, 3.05) is 7.11 Å². The maximum atomic E-state index is 12.7. The Balaban J connectivity index is 1.58. The number of ether oxygens (including phenoxy) is 2. The summed E-state index contributed by atoms with van der Waals surface area (Å²) < 4.78 is 15.8. The molecule has 0 aliphatic carbocycles. The zero-order valence-corrected chi connectivity index (χ0v) is 18.8. The second-order valence-corrected chi connectivity index (χ2v) is 7.60. The lowest BCUT2D eigenvalue weighted by atomic mass is 10.1. The Bertz CT molecular complexity index is 1140. The summed E-state index contributed by atoms with van der Waals surface area (Å²) in [7, 11) is 1.28. The van der Waals surface area contributed by atoms with E-state index in [1.807, 2.05) is 31.2 Å². The molecule has 2 aromatic heterocycles. The predicted molar refractivity (Wildman–Crippen MR) is 116 cm³/mol. The number of aromatic nitrogens is 2. The lowest BCUT2D eigenvalue weighted by Crippen LogP contribution is -2.25. The van der Waals surface area contributed by atoms with Gasteiger partial charge in [0.1, 0.15) is 0 Å². The summed E-state index contributed by atoms with van der Waals surface area (Å²) in [5, 5.41) is 0. The second kappa shape index (κ2) is 9.64. The number of H-pyrrole nitrogens is 1. The molecule has 1 unspecified atom stereocenters. The molecule has 0 radical (unpaired) electrons. The lowest BCUT2D eigenvalue weighted by molar-refractivity contribution is -0.146. The van der Waals surface area contributed by atoms with Crippen LogP contribution in [0.5, 0.6) is 0 Å². The summed E-state index contributed by atoms with van der Waals surface area (Å²) in [5.41, 5.74) is 3.56. The van der Waals surface area contributed by atoms with Crippen LogP contribution in [-0.4, -0.2) is 40.9 Å². The van der Waals surface area contributed by atoms with Crippen molar-refractivity contribution < 1.29 is 28.3 Å². The molecule has 1 N–H and O–H groups in total. The van der Waals surface area contributed by atoms with Gasteiger partial charge < -0.3 is 18.9 Å². The van der Waals surface area contributed by atoms with Crippen LogP contribution >= 0.6 is 0 Å². The number of aromatic amines is 1. The highest BCUT2D eigenvalue weighted by atomic mass is 16.5. The van der Waals surface area contributed by atoms with Crippen LogP contribution in [0, 0.1) is 20.8 Å². The third kappa shape index (κ3) is 4.96. The van der Waals surface area contributed by atoms with Gasteiger partial charge >= 0.3 is 11.9 Å². The van der Waals surface area contributed by atoms with Crippen molar-refractivity contribution in [3.05, 3.63) is 64.4 Å². The molecule has 1 aromatic carbocycles. The van der Waals surface area contributed by atoms with E-state index in [-0.39, 0.29) is 18.5 Å². The van der Waals surface area contributed by atoms with E-state index in [0.29, 0.717) is 28.5 Å². The third-order valence-electron chi connectivity index (χ3n) is 5.18. The molecule has 0 saturated heterocycles. The van der Waals surface area contributed by atoms with Crippen LogP contribution in [0.4, 0.5) is 0 Å². The summed E-state index contributed by atoms with van der Waals surface area (Å²) in [6.45, 7) is 6.82. The number of rotatable bonds is 8. The molecule has 0 aliphatic heterocycles.